The third-order valence-corrected chi connectivity index (χ3v) is 4.54. The second kappa shape index (κ2) is 6.37. The first kappa shape index (κ1) is 18.2. The molecular weight excluding hydrogens is 326 g/mol. The number of anilines is 1. The fraction of sp³-hybridized carbons (Fsp3) is 0.278. The molecule has 0 saturated carbocycles. The van der Waals surface area contributed by atoms with E-state index in [1.807, 2.05) is 12.1 Å². The Bertz CT molecular complexity index is 863. The molecule has 1 amide bonds. The zero-order valence-electron chi connectivity index (χ0n) is 14.1. The van der Waals surface area contributed by atoms with Crippen LogP contribution in [0.4, 0.5) is 5.69 Å². The summed E-state index contributed by atoms with van der Waals surface area (Å²) >= 11 is 0. The minimum absolute atomic E-state index is 0.0134. The maximum Gasteiger partial charge on any atom is 0.255 e. The van der Waals surface area contributed by atoms with Crippen LogP contribution in [-0.4, -0.2) is 18.9 Å². The molecule has 2 aromatic carbocycles. The van der Waals surface area contributed by atoms with Gasteiger partial charge in [0, 0.05) is 5.56 Å². The Kier molecular flexibility index (Phi) is 4.82. The van der Waals surface area contributed by atoms with E-state index in [-0.39, 0.29) is 11.1 Å². The molecule has 0 aliphatic carbocycles. The summed E-state index contributed by atoms with van der Waals surface area (Å²) in [5, 5.41) is 2.50. The highest BCUT2D eigenvalue weighted by molar-refractivity contribution is 7.86. The van der Waals surface area contributed by atoms with E-state index in [4.69, 9.17) is 0 Å². The number of aryl methyl sites for hydroxylation is 1. The molecule has 0 aromatic heterocycles. The maximum atomic E-state index is 12.3. The van der Waals surface area contributed by atoms with E-state index in [0.29, 0.717) is 11.1 Å². The van der Waals surface area contributed by atoms with Crippen LogP contribution in [0.3, 0.4) is 0 Å². The molecular formula is C18H20NO4S-. The van der Waals surface area contributed by atoms with E-state index in [1.54, 1.807) is 25.1 Å². The van der Waals surface area contributed by atoms with Gasteiger partial charge in [-0.05, 0) is 47.7 Å². The molecule has 1 N–H and O–H groups in total. The predicted molar refractivity (Wildman–Crippen MR) is 92.2 cm³/mol. The lowest BCUT2D eigenvalue weighted by Crippen LogP contribution is -2.16. The number of amides is 1. The van der Waals surface area contributed by atoms with Gasteiger partial charge in [0.1, 0.15) is 10.1 Å². The molecule has 0 aliphatic rings. The second-order valence-corrected chi connectivity index (χ2v) is 8.08. The third kappa shape index (κ3) is 4.21. The fourth-order valence-corrected chi connectivity index (χ4v) is 2.97. The van der Waals surface area contributed by atoms with Crippen LogP contribution in [0.25, 0.3) is 0 Å². The number of carbonyl (C=O) groups is 1. The number of carbonyl (C=O) groups excluding carboxylic acids is 1. The average molecular weight is 346 g/mol. The first-order valence-corrected chi connectivity index (χ1v) is 8.88. The Morgan fingerprint density at radius 3 is 2.12 bits per heavy atom. The van der Waals surface area contributed by atoms with Crippen LogP contribution in [0.5, 0.6) is 0 Å². The summed E-state index contributed by atoms with van der Waals surface area (Å²) in [6.45, 7) is 7.88. The molecule has 0 saturated heterocycles. The second-order valence-electron chi connectivity index (χ2n) is 6.74. The van der Waals surface area contributed by atoms with Crippen LogP contribution in [0.2, 0.25) is 0 Å². The summed E-state index contributed by atoms with van der Waals surface area (Å²) in [5.74, 6) is -0.468. The van der Waals surface area contributed by atoms with Crippen molar-refractivity contribution in [3.63, 3.8) is 0 Å². The minimum atomic E-state index is -4.67. The van der Waals surface area contributed by atoms with Crippen molar-refractivity contribution in [3.8, 4) is 0 Å². The molecule has 0 atom stereocenters. The molecule has 24 heavy (non-hydrogen) atoms. The van der Waals surface area contributed by atoms with Gasteiger partial charge in [-0.2, -0.15) is 0 Å². The van der Waals surface area contributed by atoms with E-state index in [0.717, 1.165) is 5.56 Å². The van der Waals surface area contributed by atoms with Crippen LogP contribution in [0, 0.1) is 6.92 Å². The number of rotatable bonds is 3. The van der Waals surface area contributed by atoms with Gasteiger partial charge in [0.15, 0.2) is 0 Å². The minimum Gasteiger partial charge on any atom is -0.744 e. The third-order valence-electron chi connectivity index (χ3n) is 3.67. The van der Waals surface area contributed by atoms with Crippen molar-refractivity contribution in [2.24, 2.45) is 0 Å². The monoisotopic (exact) mass is 346 g/mol. The van der Waals surface area contributed by atoms with Crippen LogP contribution >= 0.6 is 0 Å². The van der Waals surface area contributed by atoms with Gasteiger partial charge in [-0.25, -0.2) is 8.42 Å². The fourth-order valence-electron chi connectivity index (χ4n) is 2.26. The SMILES string of the molecule is Cc1ccc(NC(=O)c2ccc(C(C)(C)C)cc2)c(S(=O)(=O)[O-])c1. The van der Waals surface area contributed by atoms with Gasteiger partial charge in [-0.1, -0.05) is 39.0 Å². The summed E-state index contributed by atoms with van der Waals surface area (Å²) in [6, 6.07) is 11.4. The topological polar surface area (TPSA) is 86.3 Å². The Labute approximate surface area is 142 Å². The van der Waals surface area contributed by atoms with Crippen molar-refractivity contribution < 1.29 is 17.8 Å². The van der Waals surface area contributed by atoms with E-state index in [2.05, 4.69) is 26.1 Å². The quantitative estimate of drug-likeness (QED) is 0.863. The lowest BCUT2D eigenvalue weighted by molar-refractivity contribution is 0.102. The van der Waals surface area contributed by atoms with Gasteiger partial charge in [-0.3, -0.25) is 4.79 Å². The van der Waals surface area contributed by atoms with E-state index in [9.17, 15) is 17.8 Å². The van der Waals surface area contributed by atoms with Crippen molar-refractivity contribution in [1.82, 2.24) is 0 Å². The Hall–Kier alpha value is -2.18. The van der Waals surface area contributed by atoms with Crippen molar-refractivity contribution in [2.75, 3.05) is 5.32 Å². The summed E-state index contributed by atoms with van der Waals surface area (Å²) in [5.41, 5.74) is 2.04. The van der Waals surface area contributed by atoms with Crippen LogP contribution < -0.4 is 5.32 Å². The molecule has 0 spiro atoms. The van der Waals surface area contributed by atoms with Crippen molar-refractivity contribution in [3.05, 3.63) is 59.2 Å². The number of hydrogen-bond donors (Lipinski definition) is 1. The lowest BCUT2D eigenvalue weighted by Gasteiger charge is -2.19. The first-order valence-electron chi connectivity index (χ1n) is 7.47. The van der Waals surface area contributed by atoms with Gasteiger partial charge < -0.3 is 9.87 Å². The molecule has 6 heteroatoms. The molecule has 0 heterocycles. The van der Waals surface area contributed by atoms with Crippen molar-refractivity contribution >= 4 is 21.7 Å². The summed E-state index contributed by atoms with van der Waals surface area (Å²) in [6.07, 6.45) is 0. The van der Waals surface area contributed by atoms with Crippen molar-refractivity contribution in [1.29, 1.82) is 0 Å². The number of nitrogens with one attached hydrogen (secondary N) is 1. The zero-order chi connectivity index (χ0) is 18.1. The molecule has 5 nitrogen and oxygen atoms in total. The number of benzene rings is 2. The largest absolute Gasteiger partial charge is 0.744 e. The van der Waals surface area contributed by atoms with Gasteiger partial charge >= 0.3 is 0 Å². The molecule has 128 valence electrons. The average Bonchev–Trinajstić information content (AvgIpc) is 2.47. The molecule has 2 aromatic rings. The summed E-state index contributed by atoms with van der Waals surface area (Å²) < 4.78 is 34.1. The van der Waals surface area contributed by atoms with Crippen molar-refractivity contribution in [2.45, 2.75) is 38.0 Å². The highest BCUT2D eigenvalue weighted by Gasteiger charge is 2.16. The Morgan fingerprint density at radius 1 is 1.04 bits per heavy atom. The van der Waals surface area contributed by atoms with E-state index in [1.165, 1.54) is 12.1 Å². The lowest BCUT2D eigenvalue weighted by atomic mass is 9.87. The van der Waals surface area contributed by atoms with Gasteiger partial charge in [0.2, 0.25) is 0 Å². The summed E-state index contributed by atoms with van der Waals surface area (Å²) in [7, 11) is -4.67. The molecule has 0 bridgehead atoms. The normalized spacial score (nSPS) is 12.0. The first-order chi connectivity index (χ1) is 11.0. The van der Waals surface area contributed by atoms with Crippen LogP contribution in [0.1, 0.15) is 42.3 Å². The Morgan fingerprint density at radius 2 is 1.62 bits per heavy atom. The molecule has 2 rings (SSSR count). The van der Waals surface area contributed by atoms with Gasteiger partial charge in [-0.15, -0.1) is 0 Å². The predicted octanol–water partition coefficient (Wildman–Crippen LogP) is 3.45. The smallest absolute Gasteiger partial charge is 0.255 e. The van der Waals surface area contributed by atoms with Crippen LogP contribution in [-0.2, 0) is 15.5 Å². The highest BCUT2D eigenvalue weighted by Crippen LogP contribution is 2.25. The van der Waals surface area contributed by atoms with E-state index >= 15 is 0 Å². The van der Waals surface area contributed by atoms with E-state index < -0.39 is 20.9 Å². The highest BCUT2D eigenvalue weighted by atomic mass is 32.2. The molecule has 0 fully saturated rings. The number of hydrogen-bond acceptors (Lipinski definition) is 4. The summed E-state index contributed by atoms with van der Waals surface area (Å²) in [4.78, 5) is 11.9. The molecule has 0 aliphatic heterocycles. The van der Waals surface area contributed by atoms with Gasteiger partial charge in [0.25, 0.3) is 5.91 Å². The molecule has 0 radical (unpaired) electrons. The molecule has 0 unspecified atom stereocenters. The Balaban J connectivity index is 2.31. The van der Waals surface area contributed by atoms with Gasteiger partial charge in [0.05, 0.1) is 10.6 Å². The standard InChI is InChI=1S/C18H21NO4S/c1-12-5-10-15(16(11-12)24(21,22)23)19-17(20)13-6-8-14(9-7-13)18(2,3)4/h5-11H,1-4H3,(H,19,20)(H,21,22,23)/p-1. The zero-order valence-corrected chi connectivity index (χ0v) is 14.9. The van der Waals surface area contributed by atoms with Crippen LogP contribution in [0.15, 0.2) is 47.4 Å². The maximum absolute atomic E-state index is 12.3.